The van der Waals surface area contributed by atoms with Gasteiger partial charge in [0.15, 0.2) is 0 Å². The van der Waals surface area contributed by atoms with Crippen LogP contribution < -0.4 is 5.32 Å². The van der Waals surface area contributed by atoms with Crippen LogP contribution in [0.2, 0.25) is 0 Å². The Bertz CT molecular complexity index is 279. The van der Waals surface area contributed by atoms with Crippen molar-refractivity contribution in [1.82, 2.24) is 5.32 Å². The Morgan fingerprint density at radius 1 is 1.28 bits per heavy atom. The van der Waals surface area contributed by atoms with Crippen LogP contribution in [0, 0.1) is 10.8 Å². The van der Waals surface area contributed by atoms with E-state index in [9.17, 15) is 9.90 Å². The molecule has 1 amide bonds. The monoisotopic (exact) mass is 255 g/mol. The number of carbonyl (C=O) groups is 1. The van der Waals surface area contributed by atoms with Crippen LogP contribution >= 0.6 is 0 Å². The molecule has 2 N–H and O–H groups in total. The molecule has 106 valence electrons. The van der Waals surface area contributed by atoms with Crippen LogP contribution in [-0.2, 0) is 4.79 Å². The van der Waals surface area contributed by atoms with Gasteiger partial charge < -0.3 is 10.4 Å². The van der Waals surface area contributed by atoms with Gasteiger partial charge in [-0.2, -0.15) is 0 Å². The Morgan fingerprint density at radius 3 is 2.22 bits per heavy atom. The molecule has 18 heavy (non-hydrogen) atoms. The van der Waals surface area contributed by atoms with Crippen molar-refractivity contribution in [3.05, 3.63) is 0 Å². The van der Waals surface area contributed by atoms with Crippen LogP contribution in [0.4, 0.5) is 0 Å². The standard InChI is InChI=1S/C15H29NO2/c1-11(17)6-7-13(18)16-12-8-14(2,3)10-15(4,5)9-12/h11-12,17H,6-10H2,1-5H3,(H,16,18). The molecule has 3 nitrogen and oxygen atoms in total. The van der Waals surface area contributed by atoms with Crippen molar-refractivity contribution < 1.29 is 9.90 Å². The third-order valence-electron chi connectivity index (χ3n) is 3.71. The van der Waals surface area contributed by atoms with Gasteiger partial charge in [-0.3, -0.25) is 4.79 Å². The topological polar surface area (TPSA) is 49.3 Å². The summed E-state index contributed by atoms with van der Waals surface area (Å²) in [6.07, 6.45) is 3.89. The van der Waals surface area contributed by atoms with E-state index in [0.29, 0.717) is 23.7 Å². The second-order valence-electron chi connectivity index (χ2n) is 7.57. The van der Waals surface area contributed by atoms with Crippen molar-refractivity contribution in [2.75, 3.05) is 0 Å². The molecule has 1 saturated carbocycles. The minimum Gasteiger partial charge on any atom is -0.393 e. The molecule has 3 heteroatoms. The van der Waals surface area contributed by atoms with Crippen molar-refractivity contribution >= 4 is 5.91 Å². The van der Waals surface area contributed by atoms with Crippen molar-refractivity contribution in [2.24, 2.45) is 10.8 Å². The van der Waals surface area contributed by atoms with Gasteiger partial charge in [0, 0.05) is 12.5 Å². The van der Waals surface area contributed by atoms with Gasteiger partial charge in [0.1, 0.15) is 0 Å². The molecule has 1 atom stereocenters. The maximum Gasteiger partial charge on any atom is 0.220 e. The molecule has 1 aliphatic carbocycles. The smallest absolute Gasteiger partial charge is 0.220 e. The fraction of sp³-hybridized carbons (Fsp3) is 0.933. The summed E-state index contributed by atoms with van der Waals surface area (Å²) < 4.78 is 0. The molecule has 1 unspecified atom stereocenters. The number of carbonyl (C=O) groups excluding carboxylic acids is 1. The summed E-state index contributed by atoms with van der Waals surface area (Å²) in [5, 5.41) is 12.3. The van der Waals surface area contributed by atoms with Crippen LogP contribution in [0.5, 0.6) is 0 Å². The highest BCUT2D eigenvalue weighted by Crippen LogP contribution is 2.45. The van der Waals surface area contributed by atoms with E-state index in [1.165, 1.54) is 6.42 Å². The number of hydrogen-bond donors (Lipinski definition) is 2. The molecule has 1 fully saturated rings. The van der Waals surface area contributed by atoms with E-state index in [-0.39, 0.29) is 11.9 Å². The van der Waals surface area contributed by atoms with Gasteiger partial charge in [-0.1, -0.05) is 27.7 Å². The Balaban J connectivity index is 2.49. The lowest BCUT2D eigenvalue weighted by atomic mass is 9.63. The van der Waals surface area contributed by atoms with Gasteiger partial charge in [-0.25, -0.2) is 0 Å². The molecular formula is C15H29NO2. The maximum absolute atomic E-state index is 11.8. The zero-order chi connectivity index (χ0) is 14.0. The lowest BCUT2D eigenvalue weighted by Crippen LogP contribution is -2.46. The van der Waals surface area contributed by atoms with Crippen molar-refractivity contribution in [2.45, 2.75) is 78.9 Å². The summed E-state index contributed by atoms with van der Waals surface area (Å²) in [7, 11) is 0. The van der Waals surface area contributed by atoms with E-state index >= 15 is 0 Å². The highest BCUT2D eigenvalue weighted by atomic mass is 16.3. The Hall–Kier alpha value is -0.570. The van der Waals surface area contributed by atoms with Crippen LogP contribution in [0.25, 0.3) is 0 Å². The molecule has 0 spiro atoms. The van der Waals surface area contributed by atoms with Crippen LogP contribution in [0.3, 0.4) is 0 Å². The molecule has 0 saturated heterocycles. The fourth-order valence-corrected chi connectivity index (χ4v) is 3.59. The maximum atomic E-state index is 11.8. The van der Waals surface area contributed by atoms with E-state index in [1.807, 2.05) is 0 Å². The summed E-state index contributed by atoms with van der Waals surface area (Å²) in [5.41, 5.74) is 0.591. The highest BCUT2D eigenvalue weighted by molar-refractivity contribution is 5.76. The summed E-state index contributed by atoms with van der Waals surface area (Å²) in [5.74, 6) is 0.0781. The minimum absolute atomic E-state index is 0.0781. The van der Waals surface area contributed by atoms with E-state index in [2.05, 4.69) is 33.0 Å². The van der Waals surface area contributed by atoms with Gasteiger partial charge in [0.2, 0.25) is 5.91 Å². The number of amides is 1. The molecule has 1 rings (SSSR count). The van der Waals surface area contributed by atoms with Crippen LogP contribution in [0.15, 0.2) is 0 Å². The highest BCUT2D eigenvalue weighted by Gasteiger charge is 2.38. The largest absolute Gasteiger partial charge is 0.393 e. The number of rotatable bonds is 4. The summed E-state index contributed by atoms with van der Waals surface area (Å²) >= 11 is 0. The van der Waals surface area contributed by atoms with Gasteiger partial charge in [0.05, 0.1) is 6.10 Å². The van der Waals surface area contributed by atoms with Gasteiger partial charge in [0.25, 0.3) is 0 Å². The third kappa shape index (κ3) is 5.38. The second-order valence-corrected chi connectivity index (χ2v) is 7.57. The van der Waals surface area contributed by atoms with E-state index < -0.39 is 6.10 Å². The Morgan fingerprint density at radius 2 is 1.78 bits per heavy atom. The molecular weight excluding hydrogens is 226 g/mol. The number of aliphatic hydroxyl groups is 1. The molecule has 0 aromatic heterocycles. The molecule has 1 aliphatic rings. The van der Waals surface area contributed by atoms with Crippen molar-refractivity contribution in [3.8, 4) is 0 Å². The number of nitrogens with one attached hydrogen (secondary N) is 1. The molecule has 0 aliphatic heterocycles. The predicted molar refractivity (Wildman–Crippen MR) is 74.3 cm³/mol. The van der Waals surface area contributed by atoms with Crippen molar-refractivity contribution in [3.63, 3.8) is 0 Å². The quantitative estimate of drug-likeness (QED) is 0.811. The normalized spacial score (nSPS) is 24.6. The molecule has 0 aromatic rings. The molecule has 0 bridgehead atoms. The van der Waals surface area contributed by atoms with Gasteiger partial charge >= 0.3 is 0 Å². The zero-order valence-corrected chi connectivity index (χ0v) is 12.5. The van der Waals surface area contributed by atoms with E-state index in [4.69, 9.17) is 0 Å². The number of aliphatic hydroxyl groups excluding tert-OH is 1. The average Bonchev–Trinajstić information content (AvgIpc) is 2.09. The first kappa shape index (κ1) is 15.5. The Kier molecular flexibility index (Phi) is 4.82. The van der Waals surface area contributed by atoms with Crippen molar-refractivity contribution in [1.29, 1.82) is 0 Å². The fourth-order valence-electron chi connectivity index (χ4n) is 3.59. The zero-order valence-electron chi connectivity index (χ0n) is 12.5. The first-order chi connectivity index (χ1) is 8.10. The molecule has 0 heterocycles. The molecule has 0 radical (unpaired) electrons. The first-order valence-electron chi connectivity index (χ1n) is 7.07. The van der Waals surface area contributed by atoms with Crippen LogP contribution in [-0.4, -0.2) is 23.2 Å². The predicted octanol–water partition coefficient (Wildman–Crippen LogP) is 2.87. The lowest BCUT2D eigenvalue weighted by molar-refractivity contribution is -0.123. The van der Waals surface area contributed by atoms with E-state index in [0.717, 1.165) is 12.8 Å². The van der Waals surface area contributed by atoms with E-state index in [1.54, 1.807) is 6.92 Å². The summed E-state index contributed by atoms with van der Waals surface area (Å²) in [4.78, 5) is 11.8. The SMILES string of the molecule is CC(O)CCC(=O)NC1CC(C)(C)CC(C)(C)C1. The van der Waals surface area contributed by atoms with Gasteiger partial charge in [-0.15, -0.1) is 0 Å². The van der Waals surface area contributed by atoms with Crippen LogP contribution in [0.1, 0.15) is 66.7 Å². The lowest BCUT2D eigenvalue weighted by Gasteiger charge is -2.45. The van der Waals surface area contributed by atoms with Gasteiger partial charge in [-0.05, 0) is 43.4 Å². The first-order valence-corrected chi connectivity index (χ1v) is 7.07. The summed E-state index contributed by atoms with van der Waals surface area (Å²) in [6.45, 7) is 10.8. The third-order valence-corrected chi connectivity index (χ3v) is 3.71. The summed E-state index contributed by atoms with van der Waals surface area (Å²) in [6, 6.07) is 0.283. The average molecular weight is 255 g/mol. The number of hydrogen-bond acceptors (Lipinski definition) is 2. The second kappa shape index (κ2) is 5.60. The molecule has 0 aromatic carbocycles. The Labute approximate surface area is 111 Å². The minimum atomic E-state index is -0.394.